The monoisotopic (exact) mass is 328 g/mol. The predicted molar refractivity (Wildman–Crippen MR) is 85.2 cm³/mol. The third-order valence-corrected chi connectivity index (χ3v) is 2.79. The van der Waals surface area contributed by atoms with Crippen LogP contribution in [0.1, 0.15) is 5.01 Å². The number of benzene rings is 1. The molecule has 2 rings (SSSR count). The minimum Gasteiger partial charge on any atom is -0.370 e. The van der Waals surface area contributed by atoms with Crippen molar-refractivity contribution in [1.82, 2.24) is 4.98 Å². The Morgan fingerprint density at radius 3 is 2.48 bits per heavy atom. The van der Waals surface area contributed by atoms with E-state index in [1.807, 2.05) is 36.6 Å². The van der Waals surface area contributed by atoms with Crippen molar-refractivity contribution in [2.45, 2.75) is 6.92 Å². The lowest BCUT2D eigenvalue weighted by Gasteiger charge is -1.99. The lowest BCUT2D eigenvalue weighted by Crippen LogP contribution is -2.21. The van der Waals surface area contributed by atoms with Crippen molar-refractivity contribution in [3.8, 4) is 11.3 Å². The van der Waals surface area contributed by atoms with Gasteiger partial charge >= 0.3 is 0 Å². The Labute approximate surface area is 127 Å². The van der Waals surface area contributed by atoms with Gasteiger partial charge in [0.1, 0.15) is 0 Å². The van der Waals surface area contributed by atoms with Crippen LogP contribution >= 0.6 is 11.3 Å². The number of aliphatic imine (C=N–C) groups is 1. The molecule has 0 spiro atoms. The van der Waals surface area contributed by atoms with Crippen LogP contribution in [-0.2, 0) is 10.1 Å². The molecular formula is C12H16N4O3S2. The maximum absolute atomic E-state index is 9.19. The number of thiazole rings is 1. The first-order valence-corrected chi connectivity index (χ1v) is 8.42. The number of rotatable bonds is 2. The van der Waals surface area contributed by atoms with Gasteiger partial charge in [0.2, 0.25) is 0 Å². The molecule has 0 amide bonds. The second-order valence-electron chi connectivity index (χ2n) is 4.07. The number of guanidine groups is 1. The Kier molecular flexibility index (Phi) is 5.82. The molecule has 0 aliphatic heterocycles. The second-order valence-corrected chi connectivity index (χ2v) is 6.60. The summed E-state index contributed by atoms with van der Waals surface area (Å²) >= 11 is 1.62. The molecule has 0 radical (unpaired) electrons. The molecule has 5 N–H and O–H groups in total. The molecular weight excluding hydrogens is 312 g/mol. The highest BCUT2D eigenvalue weighted by Gasteiger charge is 2.02. The van der Waals surface area contributed by atoms with Crippen LogP contribution < -0.4 is 11.5 Å². The van der Waals surface area contributed by atoms with Gasteiger partial charge in [-0.3, -0.25) is 4.55 Å². The van der Waals surface area contributed by atoms with Crippen LogP contribution in [0.25, 0.3) is 11.3 Å². The average molecular weight is 328 g/mol. The summed E-state index contributed by atoms with van der Waals surface area (Å²) in [6.45, 7) is 1.98. The van der Waals surface area contributed by atoms with Crippen LogP contribution in [0.4, 0.5) is 5.69 Å². The SMILES string of the molecule is CS(=O)(=O)O.Cc1nc(-c2cccc(N=C(N)N)c2)cs1. The van der Waals surface area contributed by atoms with Crippen molar-refractivity contribution in [3.63, 3.8) is 0 Å². The first kappa shape index (κ1) is 17.1. The molecule has 0 saturated carbocycles. The molecule has 0 fully saturated rings. The minimum absolute atomic E-state index is 0.0617. The normalized spacial score (nSPS) is 10.4. The summed E-state index contributed by atoms with van der Waals surface area (Å²) in [4.78, 5) is 8.41. The molecule has 7 nitrogen and oxygen atoms in total. The lowest BCUT2D eigenvalue weighted by atomic mass is 10.1. The van der Waals surface area contributed by atoms with Crippen LogP contribution in [0.2, 0.25) is 0 Å². The van der Waals surface area contributed by atoms with Crippen LogP contribution in [0.3, 0.4) is 0 Å². The highest BCUT2D eigenvalue weighted by atomic mass is 32.2. The molecule has 21 heavy (non-hydrogen) atoms. The summed E-state index contributed by atoms with van der Waals surface area (Å²) in [5.74, 6) is 0.0617. The van der Waals surface area contributed by atoms with E-state index in [-0.39, 0.29) is 5.96 Å². The van der Waals surface area contributed by atoms with Gasteiger partial charge in [0, 0.05) is 10.9 Å². The third-order valence-electron chi connectivity index (χ3n) is 2.02. The van der Waals surface area contributed by atoms with Crippen LogP contribution in [-0.4, -0.2) is 30.2 Å². The lowest BCUT2D eigenvalue weighted by molar-refractivity contribution is 0.490. The number of nitrogens with zero attached hydrogens (tertiary/aromatic N) is 2. The van der Waals surface area contributed by atoms with Gasteiger partial charge in [0.25, 0.3) is 10.1 Å². The van der Waals surface area contributed by atoms with Crippen molar-refractivity contribution in [1.29, 1.82) is 0 Å². The fraction of sp³-hybridized carbons (Fsp3) is 0.167. The molecule has 1 heterocycles. The van der Waals surface area contributed by atoms with E-state index in [1.165, 1.54) is 0 Å². The van der Waals surface area contributed by atoms with Gasteiger partial charge in [-0.2, -0.15) is 8.42 Å². The summed E-state index contributed by atoms with van der Waals surface area (Å²) in [7, 11) is -3.67. The standard InChI is InChI=1S/C11H12N4S.CH4O3S/c1-7-14-10(6-16-7)8-3-2-4-9(5-8)15-11(12)13;1-5(2,3)4/h2-6H,1H3,(H4,12,13,15);1H3,(H,2,3,4). The quantitative estimate of drug-likeness (QED) is 0.435. The topological polar surface area (TPSA) is 132 Å². The summed E-state index contributed by atoms with van der Waals surface area (Å²) in [5, 5.41) is 3.06. The Hall–Kier alpha value is -1.97. The van der Waals surface area contributed by atoms with E-state index >= 15 is 0 Å². The smallest absolute Gasteiger partial charge is 0.261 e. The molecule has 114 valence electrons. The van der Waals surface area contributed by atoms with Gasteiger partial charge in [0.15, 0.2) is 5.96 Å². The molecule has 0 bridgehead atoms. The van der Waals surface area contributed by atoms with E-state index in [2.05, 4.69) is 9.98 Å². The molecule has 2 aromatic rings. The minimum atomic E-state index is -3.67. The number of aryl methyl sites for hydroxylation is 1. The van der Waals surface area contributed by atoms with Crippen LogP contribution in [0.15, 0.2) is 34.6 Å². The highest BCUT2D eigenvalue weighted by Crippen LogP contribution is 2.25. The van der Waals surface area contributed by atoms with Gasteiger partial charge in [0.05, 0.1) is 22.6 Å². The van der Waals surface area contributed by atoms with Crippen molar-refractivity contribution < 1.29 is 13.0 Å². The number of aromatic nitrogens is 1. The fourth-order valence-electron chi connectivity index (χ4n) is 1.38. The Morgan fingerprint density at radius 2 is 2.00 bits per heavy atom. The van der Waals surface area contributed by atoms with Gasteiger partial charge in [-0.25, -0.2) is 9.98 Å². The predicted octanol–water partition coefficient (Wildman–Crippen LogP) is 1.53. The van der Waals surface area contributed by atoms with E-state index in [4.69, 9.17) is 16.0 Å². The largest absolute Gasteiger partial charge is 0.370 e. The van der Waals surface area contributed by atoms with E-state index in [9.17, 15) is 8.42 Å². The van der Waals surface area contributed by atoms with Crippen molar-refractivity contribution in [2.75, 3.05) is 6.26 Å². The zero-order chi connectivity index (χ0) is 16.0. The van der Waals surface area contributed by atoms with Crippen LogP contribution in [0.5, 0.6) is 0 Å². The number of hydrogen-bond donors (Lipinski definition) is 3. The maximum atomic E-state index is 9.19. The molecule has 0 aliphatic rings. The highest BCUT2D eigenvalue weighted by molar-refractivity contribution is 7.85. The summed E-state index contributed by atoms with van der Waals surface area (Å²) < 4.78 is 25.9. The number of nitrogens with two attached hydrogens (primary N) is 2. The van der Waals surface area contributed by atoms with E-state index in [0.29, 0.717) is 6.26 Å². The van der Waals surface area contributed by atoms with Crippen LogP contribution in [0, 0.1) is 6.92 Å². The van der Waals surface area contributed by atoms with Crippen molar-refractivity contribution >= 4 is 33.1 Å². The maximum Gasteiger partial charge on any atom is 0.261 e. The summed E-state index contributed by atoms with van der Waals surface area (Å²) in [6.07, 6.45) is 0.715. The van der Waals surface area contributed by atoms with Gasteiger partial charge in [-0.05, 0) is 19.1 Å². The molecule has 1 aromatic carbocycles. The van der Waals surface area contributed by atoms with E-state index < -0.39 is 10.1 Å². The molecule has 9 heteroatoms. The van der Waals surface area contributed by atoms with Crippen molar-refractivity contribution in [3.05, 3.63) is 34.7 Å². The van der Waals surface area contributed by atoms with Gasteiger partial charge in [-0.1, -0.05) is 12.1 Å². The first-order valence-electron chi connectivity index (χ1n) is 5.70. The molecule has 0 atom stereocenters. The zero-order valence-corrected chi connectivity index (χ0v) is 13.1. The van der Waals surface area contributed by atoms with Gasteiger partial charge < -0.3 is 11.5 Å². The molecule has 0 aliphatic carbocycles. The Bertz CT molecular complexity index is 726. The summed E-state index contributed by atoms with van der Waals surface area (Å²) in [5.41, 5.74) is 13.4. The van der Waals surface area contributed by atoms with E-state index in [0.717, 1.165) is 22.0 Å². The number of hydrogen-bond acceptors (Lipinski definition) is 5. The van der Waals surface area contributed by atoms with Gasteiger partial charge in [-0.15, -0.1) is 11.3 Å². The average Bonchev–Trinajstić information content (AvgIpc) is 2.73. The molecule has 0 saturated heterocycles. The van der Waals surface area contributed by atoms with Crippen molar-refractivity contribution in [2.24, 2.45) is 16.5 Å². The summed E-state index contributed by atoms with van der Waals surface area (Å²) in [6, 6.07) is 7.66. The Morgan fingerprint density at radius 1 is 1.38 bits per heavy atom. The zero-order valence-electron chi connectivity index (χ0n) is 11.5. The first-order chi connectivity index (χ1) is 9.65. The third kappa shape index (κ3) is 7.40. The molecule has 1 aromatic heterocycles. The second kappa shape index (κ2) is 7.16. The Balaban J connectivity index is 0.000000383. The van der Waals surface area contributed by atoms with E-state index in [1.54, 1.807) is 11.3 Å². The molecule has 0 unspecified atom stereocenters. The fourth-order valence-corrected chi connectivity index (χ4v) is 2.00.